The largest absolute Gasteiger partial charge is 0.459 e. The van der Waals surface area contributed by atoms with Crippen LogP contribution in [0.15, 0.2) is 40.8 Å². The highest BCUT2D eigenvalue weighted by molar-refractivity contribution is 6.33. The van der Waals surface area contributed by atoms with Crippen LogP contribution in [-0.2, 0) is 0 Å². The lowest BCUT2D eigenvalue weighted by molar-refractivity contribution is 0.480. The van der Waals surface area contributed by atoms with Gasteiger partial charge in [0.1, 0.15) is 11.5 Å². The van der Waals surface area contributed by atoms with Gasteiger partial charge in [0.25, 0.3) is 0 Å². The van der Waals surface area contributed by atoms with Gasteiger partial charge in [-0.3, -0.25) is 0 Å². The summed E-state index contributed by atoms with van der Waals surface area (Å²) < 4.78 is 5.61. The van der Waals surface area contributed by atoms with Gasteiger partial charge in [-0.2, -0.15) is 0 Å². The summed E-state index contributed by atoms with van der Waals surface area (Å²) in [6.45, 7) is 0.357. The third-order valence-electron chi connectivity index (χ3n) is 2.39. The molecule has 0 radical (unpaired) electrons. The van der Waals surface area contributed by atoms with Gasteiger partial charge >= 0.3 is 0 Å². The second kappa shape index (κ2) is 4.70. The van der Waals surface area contributed by atoms with Gasteiger partial charge in [-0.1, -0.05) is 23.7 Å². The van der Waals surface area contributed by atoms with E-state index in [1.165, 1.54) is 0 Å². The van der Waals surface area contributed by atoms with Crippen molar-refractivity contribution < 1.29 is 4.42 Å². The van der Waals surface area contributed by atoms with Crippen molar-refractivity contribution in [3.63, 3.8) is 0 Å². The first-order chi connectivity index (χ1) is 7.72. The second-order valence-corrected chi connectivity index (χ2v) is 3.93. The molecule has 1 atom stereocenters. The molecule has 1 aromatic carbocycles. The van der Waals surface area contributed by atoms with Crippen LogP contribution in [0, 0.1) is 0 Å². The summed E-state index contributed by atoms with van der Waals surface area (Å²) in [5.74, 6) is 1.39. The Morgan fingerprint density at radius 2 is 1.94 bits per heavy atom. The van der Waals surface area contributed by atoms with E-state index < -0.39 is 0 Å². The topological polar surface area (TPSA) is 65.2 Å². The average Bonchev–Trinajstić information content (AvgIpc) is 2.78. The Bertz CT molecular complexity index is 481. The molecular weight excluding hydrogens is 224 g/mol. The van der Waals surface area contributed by atoms with Crippen molar-refractivity contribution in [3.05, 3.63) is 47.2 Å². The summed E-state index contributed by atoms with van der Waals surface area (Å²) in [5, 5.41) is 0.657. The molecule has 0 amide bonds. The lowest BCUT2D eigenvalue weighted by Crippen LogP contribution is -2.19. The molecule has 2 aromatic rings. The molecule has 0 aliphatic heterocycles. The quantitative estimate of drug-likeness (QED) is 0.861. The first kappa shape index (κ1) is 11.2. The Kier molecular flexibility index (Phi) is 3.29. The van der Waals surface area contributed by atoms with Crippen LogP contribution in [0.5, 0.6) is 0 Å². The number of benzene rings is 1. The zero-order valence-electron chi connectivity index (χ0n) is 8.69. The normalized spacial score (nSPS) is 12.7. The van der Waals surface area contributed by atoms with Gasteiger partial charge in [0.15, 0.2) is 0 Å². The van der Waals surface area contributed by atoms with Gasteiger partial charge in [0.2, 0.25) is 0 Å². The van der Waals surface area contributed by atoms with Crippen molar-refractivity contribution in [2.45, 2.75) is 6.04 Å². The molecule has 0 bridgehead atoms. The second-order valence-electron chi connectivity index (χ2n) is 3.52. The minimum Gasteiger partial charge on any atom is -0.459 e. The van der Waals surface area contributed by atoms with Crippen LogP contribution < -0.4 is 11.5 Å². The van der Waals surface area contributed by atoms with E-state index in [0.717, 1.165) is 5.56 Å². The van der Waals surface area contributed by atoms with Crippen LogP contribution in [0.25, 0.3) is 11.3 Å². The first-order valence-corrected chi connectivity index (χ1v) is 5.40. The van der Waals surface area contributed by atoms with Crippen molar-refractivity contribution in [2.24, 2.45) is 11.5 Å². The monoisotopic (exact) mass is 236 g/mol. The molecule has 3 nitrogen and oxygen atoms in total. The van der Waals surface area contributed by atoms with E-state index in [9.17, 15) is 0 Å². The zero-order valence-corrected chi connectivity index (χ0v) is 9.45. The predicted molar refractivity (Wildman–Crippen MR) is 65.1 cm³/mol. The molecule has 4 N–H and O–H groups in total. The summed E-state index contributed by atoms with van der Waals surface area (Å²) in [6.07, 6.45) is 0. The number of furan rings is 1. The fraction of sp³-hybridized carbons (Fsp3) is 0.167. The maximum Gasteiger partial charge on any atom is 0.135 e. The molecule has 1 unspecified atom stereocenters. The predicted octanol–water partition coefficient (Wildman–Crippen LogP) is 2.56. The fourth-order valence-electron chi connectivity index (χ4n) is 1.47. The Morgan fingerprint density at radius 1 is 1.19 bits per heavy atom. The first-order valence-electron chi connectivity index (χ1n) is 5.02. The smallest absolute Gasteiger partial charge is 0.135 e. The van der Waals surface area contributed by atoms with Crippen molar-refractivity contribution in [3.8, 4) is 11.3 Å². The molecule has 0 saturated heterocycles. The van der Waals surface area contributed by atoms with Crippen molar-refractivity contribution in [1.29, 1.82) is 0 Å². The van der Waals surface area contributed by atoms with Gasteiger partial charge in [-0.25, -0.2) is 0 Å². The molecule has 2 rings (SSSR count). The van der Waals surface area contributed by atoms with Gasteiger partial charge < -0.3 is 15.9 Å². The highest BCUT2D eigenvalue weighted by atomic mass is 35.5. The molecule has 0 spiro atoms. The van der Waals surface area contributed by atoms with Gasteiger partial charge in [0, 0.05) is 12.1 Å². The Balaban J connectivity index is 2.35. The maximum atomic E-state index is 6.07. The van der Waals surface area contributed by atoms with E-state index in [2.05, 4.69) is 0 Å². The minimum atomic E-state index is -0.267. The lowest BCUT2D eigenvalue weighted by Gasteiger charge is -2.04. The third kappa shape index (κ3) is 2.11. The highest BCUT2D eigenvalue weighted by Crippen LogP contribution is 2.30. The molecule has 0 aliphatic rings. The lowest BCUT2D eigenvalue weighted by atomic mass is 10.2. The van der Waals surface area contributed by atoms with E-state index in [4.69, 9.17) is 27.5 Å². The summed E-state index contributed by atoms with van der Waals surface area (Å²) in [7, 11) is 0. The maximum absolute atomic E-state index is 6.07. The number of hydrogen-bond donors (Lipinski definition) is 2. The van der Waals surface area contributed by atoms with Crippen molar-refractivity contribution in [1.82, 2.24) is 0 Å². The number of rotatable bonds is 3. The van der Waals surface area contributed by atoms with Crippen molar-refractivity contribution >= 4 is 11.6 Å². The van der Waals surface area contributed by atoms with Crippen LogP contribution >= 0.6 is 11.6 Å². The average molecular weight is 237 g/mol. The fourth-order valence-corrected chi connectivity index (χ4v) is 1.70. The summed E-state index contributed by atoms with van der Waals surface area (Å²) in [6, 6.07) is 10.9. The Morgan fingerprint density at radius 3 is 2.62 bits per heavy atom. The van der Waals surface area contributed by atoms with E-state index in [0.29, 0.717) is 23.1 Å². The van der Waals surface area contributed by atoms with E-state index in [1.54, 1.807) is 0 Å². The highest BCUT2D eigenvalue weighted by Gasteiger charge is 2.11. The van der Waals surface area contributed by atoms with Crippen molar-refractivity contribution in [2.75, 3.05) is 6.54 Å². The molecule has 0 aliphatic carbocycles. The third-order valence-corrected chi connectivity index (χ3v) is 2.72. The van der Waals surface area contributed by atoms with Crippen LogP contribution in [0.3, 0.4) is 0 Å². The number of nitrogens with two attached hydrogens (primary N) is 2. The van der Waals surface area contributed by atoms with Gasteiger partial charge in [-0.05, 0) is 24.3 Å². The minimum absolute atomic E-state index is 0.267. The van der Waals surface area contributed by atoms with Crippen LogP contribution in [0.1, 0.15) is 11.8 Å². The summed E-state index contributed by atoms with van der Waals surface area (Å²) >= 11 is 6.07. The molecule has 0 saturated carbocycles. The molecule has 0 fully saturated rings. The molecule has 1 aromatic heterocycles. The van der Waals surface area contributed by atoms with Crippen LogP contribution in [0.2, 0.25) is 5.02 Å². The molecular formula is C12H13ClN2O. The van der Waals surface area contributed by atoms with Crippen LogP contribution in [0.4, 0.5) is 0 Å². The van der Waals surface area contributed by atoms with Gasteiger partial charge in [0.05, 0.1) is 11.1 Å². The summed E-state index contributed by atoms with van der Waals surface area (Å²) in [5.41, 5.74) is 12.1. The zero-order chi connectivity index (χ0) is 11.5. The standard InChI is InChI=1S/C12H13ClN2O/c13-9-4-2-1-3-8(9)11-5-6-12(16-11)10(15)7-14/h1-6,10H,7,14-15H2. The SMILES string of the molecule is NCC(N)c1ccc(-c2ccccc2Cl)o1. The Labute approximate surface area is 99.0 Å². The number of halogens is 1. The number of hydrogen-bond acceptors (Lipinski definition) is 3. The van der Waals surface area contributed by atoms with E-state index in [1.807, 2.05) is 36.4 Å². The van der Waals surface area contributed by atoms with Gasteiger partial charge in [-0.15, -0.1) is 0 Å². The molecule has 84 valence electrons. The Hall–Kier alpha value is -1.29. The summed E-state index contributed by atoms with van der Waals surface area (Å²) in [4.78, 5) is 0. The molecule has 1 heterocycles. The molecule has 4 heteroatoms. The van der Waals surface area contributed by atoms with E-state index >= 15 is 0 Å². The molecule has 16 heavy (non-hydrogen) atoms. The van der Waals surface area contributed by atoms with E-state index in [-0.39, 0.29) is 6.04 Å². The van der Waals surface area contributed by atoms with Crippen LogP contribution in [-0.4, -0.2) is 6.54 Å².